The monoisotopic (exact) mass is 194 g/mol. The van der Waals surface area contributed by atoms with E-state index in [1.807, 2.05) is 6.92 Å². The van der Waals surface area contributed by atoms with Crippen LogP contribution < -0.4 is 5.73 Å². The zero-order valence-corrected chi connectivity index (χ0v) is 9.12. The highest BCUT2D eigenvalue weighted by molar-refractivity contribution is 4.97. The van der Waals surface area contributed by atoms with Crippen LogP contribution in [-0.4, -0.2) is 21.5 Å². The van der Waals surface area contributed by atoms with Gasteiger partial charge in [-0.3, -0.25) is 0 Å². The first-order valence-electron chi connectivity index (χ1n) is 5.02. The lowest BCUT2D eigenvalue weighted by Gasteiger charge is -2.06. The summed E-state index contributed by atoms with van der Waals surface area (Å²) in [6, 6.07) is 0. The van der Waals surface area contributed by atoms with Crippen LogP contribution in [0.4, 0.5) is 0 Å². The largest absolute Gasteiger partial charge is 0.330 e. The van der Waals surface area contributed by atoms with Gasteiger partial charge in [0, 0.05) is 12.8 Å². The number of nitrogens with two attached hydrogens (primary N) is 1. The van der Waals surface area contributed by atoms with Crippen LogP contribution in [0.5, 0.6) is 0 Å². The van der Waals surface area contributed by atoms with Gasteiger partial charge in [0.1, 0.15) is 17.5 Å². The Hall–Kier alpha value is -1.03. The zero-order valence-electron chi connectivity index (χ0n) is 9.12. The van der Waals surface area contributed by atoms with Crippen molar-refractivity contribution >= 4 is 0 Å². The first-order valence-corrected chi connectivity index (χ1v) is 5.02. The Morgan fingerprint density at radius 3 is 2.36 bits per heavy atom. The molecule has 1 rings (SSSR count). The Morgan fingerprint density at radius 2 is 1.79 bits per heavy atom. The Morgan fingerprint density at radius 1 is 1.14 bits per heavy atom. The molecule has 0 spiro atoms. The van der Waals surface area contributed by atoms with E-state index in [9.17, 15) is 0 Å². The summed E-state index contributed by atoms with van der Waals surface area (Å²) in [6.45, 7) is 6.79. The molecule has 4 heteroatoms. The molecule has 2 N–H and O–H groups in total. The van der Waals surface area contributed by atoms with Gasteiger partial charge >= 0.3 is 0 Å². The standard InChI is InChI=1S/C10H18N4/c1-7(2)6-10-13-8(3)12-9(14-10)4-5-11/h7H,4-6,11H2,1-3H3. The van der Waals surface area contributed by atoms with Gasteiger partial charge in [-0.15, -0.1) is 0 Å². The molecule has 1 aromatic heterocycles. The maximum atomic E-state index is 5.46. The molecule has 0 unspecified atom stereocenters. The lowest BCUT2D eigenvalue weighted by atomic mass is 10.1. The quantitative estimate of drug-likeness (QED) is 0.772. The molecular weight excluding hydrogens is 176 g/mol. The summed E-state index contributed by atoms with van der Waals surface area (Å²) in [7, 11) is 0. The fourth-order valence-electron chi connectivity index (χ4n) is 1.29. The predicted molar refractivity (Wildman–Crippen MR) is 55.9 cm³/mol. The van der Waals surface area contributed by atoms with E-state index >= 15 is 0 Å². The molecule has 0 aliphatic heterocycles. The third-order valence-electron chi connectivity index (χ3n) is 1.80. The van der Waals surface area contributed by atoms with Gasteiger partial charge in [0.05, 0.1) is 0 Å². The molecule has 0 radical (unpaired) electrons. The molecule has 1 heterocycles. The summed E-state index contributed by atoms with van der Waals surface area (Å²) in [5.74, 6) is 3.06. The zero-order chi connectivity index (χ0) is 10.6. The van der Waals surface area contributed by atoms with Crippen LogP contribution in [0.25, 0.3) is 0 Å². The van der Waals surface area contributed by atoms with Crippen molar-refractivity contribution in [2.75, 3.05) is 6.54 Å². The van der Waals surface area contributed by atoms with Crippen LogP contribution in [0.15, 0.2) is 0 Å². The molecule has 0 bridgehead atoms. The van der Waals surface area contributed by atoms with Crippen molar-refractivity contribution in [1.82, 2.24) is 15.0 Å². The lowest BCUT2D eigenvalue weighted by Crippen LogP contribution is -2.11. The highest BCUT2D eigenvalue weighted by atomic mass is 15.0. The van der Waals surface area contributed by atoms with Crippen molar-refractivity contribution < 1.29 is 0 Å². The second-order valence-corrected chi connectivity index (χ2v) is 3.85. The van der Waals surface area contributed by atoms with E-state index in [2.05, 4.69) is 28.8 Å². The summed E-state index contributed by atoms with van der Waals surface area (Å²) in [4.78, 5) is 12.9. The highest BCUT2D eigenvalue weighted by Gasteiger charge is 2.05. The minimum atomic E-state index is 0.572. The fraction of sp³-hybridized carbons (Fsp3) is 0.700. The number of aromatic nitrogens is 3. The third-order valence-corrected chi connectivity index (χ3v) is 1.80. The molecule has 14 heavy (non-hydrogen) atoms. The average Bonchev–Trinajstić information content (AvgIpc) is 2.01. The van der Waals surface area contributed by atoms with Crippen LogP contribution in [-0.2, 0) is 12.8 Å². The molecule has 0 saturated carbocycles. The highest BCUT2D eigenvalue weighted by Crippen LogP contribution is 2.03. The number of rotatable bonds is 4. The van der Waals surface area contributed by atoms with Crippen molar-refractivity contribution in [3.63, 3.8) is 0 Å². The van der Waals surface area contributed by atoms with Crippen LogP contribution >= 0.6 is 0 Å². The first kappa shape index (κ1) is 11.0. The van der Waals surface area contributed by atoms with E-state index in [4.69, 9.17) is 5.73 Å². The van der Waals surface area contributed by atoms with Crippen LogP contribution in [0.3, 0.4) is 0 Å². The van der Waals surface area contributed by atoms with Crippen LogP contribution in [0.1, 0.15) is 31.3 Å². The first-order chi connectivity index (χ1) is 6.61. The Labute approximate surface area is 85.0 Å². The Balaban J connectivity index is 2.83. The minimum absolute atomic E-state index is 0.572. The molecule has 78 valence electrons. The molecule has 4 nitrogen and oxygen atoms in total. The molecule has 0 saturated heterocycles. The molecule has 0 atom stereocenters. The molecule has 0 fully saturated rings. The van der Waals surface area contributed by atoms with Gasteiger partial charge in [-0.1, -0.05) is 13.8 Å². The molecule has 1 aromatic rings. The fourth-order valence-corrected chi connectivity index (χ4v) is 1.29. The van der Waals surface area contributed by atoms with Gasteiger partial charge in [0.15, 0.2) is 0 Å². The SMILES string of the molecule is Cc1nc(CCN)nc(CC(C)C)n1. The van der Waals surface area contributed by atoms with E-state index in [1.165, 1.54) is 0 Å². The van der Waals surface area contributed by atoms with Crippen LogP contribution in [0, 0.1) is 12.8 Å². The van der Waals surface area contributed by atoms with Gasteiger partial charge in [0.25, 0.3) is 0 Å². The Bertz CT molecular complexity index is 296. The summed E-state index contributed by atoms with van der Waals surface area (Å²) in [5.41, 5.74) is 5.46. The van der Waals surface area contributed by atoms with Crippen molar-refractivity contribution in [2.24, 2.45) is 11.7 Å². The van der Waals surface area contributed by atoms with E-state index < -0.39 is 0 Å². The van der Waals surface area contributed by atoms with E-state index in [0.29, 0.717) is 12.5 Å². The molecule has 0 aliphatic carbocycles. The van der Waals surface area contributed by atoms with Gasteiger partial charge in [-0.2, -0.15) is 0 Å². The molecule has 0 aromatic carbocycles. The molecular formula is C10H18N4. The second-order valence-electron chi connectivity index (χ2n) is 3.85. The average molecular weight is 194 g/mol. The van der Waals surface area contributed by atoms with E-state index in [1.54, 1.807) is 0 Å². The molecule has 0 amide bonds. The van der Waals surface area contributed by atoms with Crippen molar-refractivity contribution in [1.29, 1.82) is 0 Å². The topological polar surface area (TPSA) is 64.7 Å². The molecule has 0 aliphatic rings. The number of hydrogen-bond donors (Lipinski definition) is 1. The third kappa shape index (κ3) is 3.38. The van der Waals surface area contributed by atoms with Gasteiger partial charge < -0.3 is 5.73 Å². The van der Waals surface area contributed by atoms with Crippen molar-refractivity contribution in [3.8, 4) is 0 Å². The van der Waals surface area contributed by atoms with Gasteiger partial charge in [-0.05, 0) is 19.4 Å². The number of hydrogen-bond acceptors (Lipinski definition) is 4. The maximum absolute atomic E-state index is 5.46. The number of nitrogens with zero attached hydrogens (tertiary/aromatic N) is 3. The van der Waals surface area contributed by atoms with E-state index in [0.717, 1.165) is 30.3 Å². The van der Waals surface area contributed by atoms with Crippen molar-refractivity contribution in [2.45, 2.75) is 33.6 Å². The normalized spacial score (nSPS) is 10.9. The van der Waals surface area contributed by atoms with Crippen LogP contribution in [0.2, 0.25) is 0 Å². The van der Waals surface area contributed by atoms with Gasteiger partial charge in [-0.25, -0.2) is 15.0 Å². The van der Waals surface area contributed by atoms with Gasteiger partial charge in [0.2, 0.25) is 0 Å². The summed E-state index contributed by atoms with van der Waals surface area (Å²) in [6.07, 6.45) is 1.63. The second kappa shape index (κ2) is 5.00. The predicted octanol–water partition coefficient (Wildman–Crippen LogP) is 0.880. The summed E-state index contributed by atoms with van der Waals surface area (Å²) in [5, 5.41) is 0. The smallest absolute Gasteiger partial charge is 0.133 e. The van der Waals surface area contributed by atoms with E-state index in [-0.39, 0.29) is 0 Å². The van der Waals surface area contributed by atoms with Crippen molar-refractivity contribution in [3.05, 3.63) is 17.5 Å². The number of aryl methyl sites for hydroxylation is 1. The Kier molecular flexibility index (Phi) is 3.95. The summed E-state index contributed by atoms with van der Waals surface area (Å²) >= 11 is 0. The maximum Gasteiger partial charge on any atom is 0.133 e. The summed E-state index contributed by atoms with van der Waals surface area (Å²) < 4.78 is 0. The minimum Gasteiger partial charge on any atom is -0.330 e. The lowest BCUT2D eigenvalue weighted by molar-refractivity contribution is 0.608.